The summed E-state index contributed by atoms with van der Waals surface area (Å²) in [6.45, 7) is 3.57. The highest BCUT2D eigenvalue weighted by molar-refractivity contribution is 5.99. The van der Waals surface area contributed by atoms with Crippen LogP contribution in [0, 0.1) is 5.82 Å². The Morgan fingerprint density at radius 1 is 1.00 bits per heavy atom. The summed E-state index contributed by atoms with van der Waals surface area (Å²) in [7, 11) is 0. The number of carbonyl (C=O) groups excluding carboxylic acids is 1. The molecule has 2 unspecified atom stereocenters. The van der Waals surface area contributed by atoms with Crippen molar-refractivity contribution in [2.45, 2.75) is 38.5 Å². The van der Waals surface area contributed by atoms with E-state index in [1.165, 1.54) is 12.1 Å². The molecule has 2 atom stereocenters. The number of rotatable bonds is 8. The van der Waals surface area contributed by atoms with Gasteiger partial charge in [0.2, 0.25) is 5.76 Å². The summed E-state index contributed by atoms with van der Waals surface area (Å²) in [5.41, 5.74) is 1.61. The fourth-order valence-electron chi connectivity index (χ4n) is 5.35. The summed E-state index contributed by atoms with van der Waals surface area (Å²) in [5.74, 6) is 0.0819. The summed E-state index contributed by atoms with van der Waals surface area (Å²) in [5, 5.41) is 0.0957. The molecule has 7 nitrogen and oxygen atoms in total. The third-order valence-electron chi connectivity index (χ3n) is 7.17. The zero-order valence-corrected chi connectivity index (χ0v) is 21.5. The Labute approximate surface area is 224 Å². The van der Waals surface area contributed by atoms with E-state index in [0.29, 0.717) is 43.4 Å². The third kappa shape index (κ3) is 4.76. The lowest BCUT2D eigenvalue weighted by Crippen LogP contribution is -2.36. The molecule has 1 fully saturated rings. The third-order valence-corrected chi connectivity index (χ3v) is 7.17. The first-order valence-corrected chi connectivity index (χ1v) is 13.2. The number of ether oxygens (including phenoxy) is 3. The molecule has 0 saturated carbocycles. The lowest BCUT2D eigenvalue weighted by atomic mass is 9.97. The van der Waals surface area contributed by atoms with Crippen LogP contribution in [0.2, 0.25) is 0 Å². The smallest absolute Gasteiger partial charge is 0.291 e. The highest BCUT2D eigenvalue weighted by atomic mass is 19.1. The summed E-state index contributed by atoms with van der Waals surface area (Å²) in [6.07, 6.45) is 1.58. The standard InChI is InChI=1S/C31H28FNO6/c1-2-36-26-15-20(10-12-25(26)38-18-19-7-4-3-5-8-19)28-27-29(34)23-16-21(32)11-13-24(23)39-30(27)31(35)33(28)17-22-9-6-14-37-22/h3-5,7-8,10-13,15-16,22,28H,2,6,9,14,17-18H2,1H3. The molecule has 6 rings (SSSR count). The highest BCUT2D eigenvalue weighted by Gasteiger charge is 2.44. The van der Waals surface area contributed by atoms with Crippen molar-refractivity contribution in [3.63, 3.8) is 0 Å². The molecular formula is C31H28FNO6. The molecule has 200 valence electrons. The molecule has 0 bridgehead atoms. The van der Waals surface area contributed by atoms with Crippen LogP contribution >= 0.6 is 0 Å². The zero-order valence-electron chi connectivity index (χ0n) is 21.5. The molecule has 4 aromatic rings. The fraction of sp³-hybridized carbons (Fsp3) is 0.290. The minimum absolute atomic E-state index is 0.0236. The van der Waals surface area contributed by atoms with Crippen LogP contribution in [0.3, 0.4) is 0 Å². The topological polar surface area (TPSA) is 78.2 Å². The van der Waals surface area contributed by atoms with Gasteiger partial charge in [-0.3, -0.25) is 9.59 Å². The molecular weight excluding hydrogens is 501 g/mol. The first-order chi connectivity index (χ1) is 19.0. The Kier molecular flexibility index (Phi) is 6.79. The van der Waals surface area contributed by atoms with Crippen molar-refractivity contribution in [1.29, 1.82) is 0 Å². The van der Waals surface area contributed by atoms with Gasteiger partial charge in [0.25, 0.3) is 5.91 Å². The number of hydrogen-bond donors (Lipinski definition) is 0. The Balaban J connectivity index is 1.44. The number of carbonyl (C=O) groups is 1. The van der Waals surface area contributed by atoms with Gasteiger partial charge in [0.05, 0.1) is 29.7 Å². The quantitative estimate of drug-likeness (QED) is 0.294. The van der Waals surface area contributed by atoms with E-state index in [0.717, 1.165) is 24.5 Å². The lowest BCUT2D eigenvalue weighted by Gasteiger charge is -2.28. The van der Waals surface area contributed by atoms with Crippen molar-refractivity contribution in [2.75, 3.05) is 19.8 Å². The number of halogens is 1. The second-order valence-corrected chi connectivity index (χ2v) is 9.72. The molecule has 0 aliphatic carbocycles. The van der Waals surface area contributed by atoms with E-state index >= 15 is 0 Å². The van der Waals surface area contributed by atoms with Gasteiger partial charge in [-0.15, -0.1) is 0 Å². The van der Waals surface area contributed by atoms with E-state index in [1.54, 1.807) is 17.0 Å². The van der Waals surface area contributed by atoms with Gasteiger partial charge in [0.1, 0.15) is 18.0 Å². The summed E-state index contributed by atoms with van der Waals surface area (Å²) >= 11 is 0. The molecule has 3 heterocycles. The van der Waals surface area contributed by atoms with Crippen LogP contribution in [-0.4, -0.2) is 36.7 Å². The molecule has 1 aromatic heterocycles. The van der Waals surface area contributed by atoms with Crippen molar-refractivity contribution in [1.82, 2.24) is 4.90 Å². The van der Waals surface area contributed by atoms with Crippen LogP contribution < -0.4 is 14.9 Å². The SMILES string of the molecule is CCOc1cc(C2c3c(oc4ccc(F)cc4c3=O)C(=O)N2CC2CCCO2)ccc1OCc1ccccc1. The van der Waals surface area contributed by atoms with E-state index in [9.17, 15) is 14.0 Å². The largest absolute Gasteiger partial charge is 0.490 e. The van der Waals surface area contributed by atoms with E-state index in [-0.39, 0.29) is 28.4 Å². The Bertz CT molecular complexity index is 1580. The van der Waals surface area contributed by atoms with Crippen molar-refractivity contribution in [3.05, 3.63) is 105 Å². The number of benzene rings is 3. The average molecular weight is 530 g/mol. The fourth-order valence-corrected chi connectivity index (χ4v) is 5.35. The second kappa shape index (κ2) is 10.5. The highest BCUT2D eigenvalue weighted by Crippen LogP contribution is 2.41. The van der Waals surface area contributed by atoms with E-state index < -0.39 is 23.2 Å². The van der Waals surface area contributed by atoms with Gasteiger partial charge in [-0.05, 0) is 61.2 Å². The van der Waals surface area contributed by atoms with Gasteiger partial charge in [0.15, 0.2) is 16.9 Å². The van der Waals surface area contributed by atoms with Gasteiger partial charge < -0.3 is 23.5 Å². The lowest BCUT2D eigenvalue weighted by molar-refractivity contribution is 0.0486. The maximum atomic E-state index is 14.1. The normalized spacial score (nSPS) is 18.5. The molecule has 39 heavy (non-hydrogen) atoms. The van der Waals surface area contributed by atoms with Crippen LogP contribution in [0.5, 0.6) is 11.5 Å². The molecule has 2 aliphatic rings. The number of nitrogens with zero attached hydrogens (tertiary/aromatic N) is 1. The molecule has 0 radical (unpaired) electrons. The van der Waals surface area contributed by atoms with Gasteiger partial charge in [-0.2, -0.15) is 0 Å². The van der Waals surface area contributed by atoms with Crippen LogP contribution in [0.25, 0.3) is 11.0 Å². The monoisotopic (exact) mass is 529 g/mol. The van der Waals surface area contributed by atoms with Crippen molar-refractivity contribution < 1.29 is 27.8 Å². The predicted molar refractivity (Wildman–Crippen MR) is 143 cm³/mol. The first-order valence-electron chi connectivity index (χ1n) is 13.2. The van der Waals surface area contributed by atoms with Crippen LogP contribution in [0.1, 0.15) is 53.1 Å². The second-order valence-electron chi connectivity index (χ2n) is 9.72. The van der Waals surface area contributed by atoms with Crippen molar-refractivity contribution in [3.8, 4) is 11.5 Å². The van der Waals surface area contributed by atoms with Gasteiger partial charge in [-0.25, -0.2) is 4.39 Å². The Morgan fingerprint density at radius 2 is 1.85 bits per heavy atom. The molecule has 1 saturated heterocycles. The molecule has 3 aromatic carbocycles. The molecule has 8 heteroatoms. The first kappa shape index (κ1) is 25.1. The molecule has 0 spiro atoms. The van der Waals surface area contributed by atoms with Crippen LogP contribution in [0.15, 0.2) is 75.9 Å². The van der Waals surface area contributed by atoms with Crippen LogP contribution in [-0.2, 0) is 11.3 Å². The van der Waals surface area contributed by atoms with Crippen molar-refractivity contribution in [2.24, 2.45) is 0 Å². The van der Waals surface area contributed by atoms with Gasteiger partial charge in [0, 0.05) is 13.2 Å². The van der Waals surface area contributed by atoms with E-state index in [2.05, 4.69) is 0 Å². The molecule has 0 N–H and O–H groups in total. The minimum atomic E-state index is -0.747. The van der Waals surface area contributed by atoms with Crippen LogP contribution in [0.4, 0.5) is 4.39 Å². The minimum Gasteiger partial charge on any atom is -0.490 e. The number of hydrogen-bond acceptors (Lipinski definition) is 6. The summed E-state index contributed by atoms with van der Waals surface area (Å²) < 4.78 is 37.8. The average Bonchev–Trinajstić information content (AvgIpc) is 3.56. The predicted octanol–water partition coefficient (Wildman–Crippen LogP) is 5.63. The molecule has 2 aliphatic heterocycles. The maximum Gasteiger partial charge on any atom is 0.291 e. The van der Waals surface area contributed by atoms with Crippen molar-refractivity contribution >= 4 is 16.9 Å². The summed E-state index contributed by atoms with van der Waals surface area (Å²) in [6, 6.07) is 18.2. The summed E-state index contributed by atoms with van der Waals surface area (Å²) in [4.78, 5) is 29.0. The van der Waals surface area contributed by atoms with E-state index in [1.807, 2.05) is 43.3 Å². The number of fused-ring (bicyclic) bond motifs is 2. The molecule has 1 amide bonds. The Hall–Kier alpha value is -4.17. The van der Waals surface area contributed by atoms with Gasteiger partial charge in [-0.1, -0.05) is 36.4 Å². The maximum absolute atomic E-state index is 14.1. The Morgan fingerprint density at radius 3 is 2.62 bits per heavy atom. The van der Waals surface area contributed by atoms with E-state index in [4.69, 9.17) is 18.6 Å². The zero-order chi connectivity index (χ0) is 26.9. The number of amides is 1. The van der Waals surface area contributed by atoms with Gasteiger partial charge >= 0.3 is 0 Å².